The van der Waals surface area contributed by atoms with E-state index in [2.05, 4.69) is 10.3 Å². The first-order valence-electron chi connectivity index (χ1n) is 5.83. The zero-order valence-corrected chi connectivity index (χ0v) is 11.0. The summed E-state index contributed by atoms with van der Waals surface area (Å²) in [5.74, 6) is -0.281. The van der Waals surface area contributed by atoms with E-state index in [9.17, 15) is 4.79 Å². The number of nitrogens with one attached hydrogen (secondary N) is 1. The van der Waals surface area contributed by atoms with Crippen molar-refractivity contribution >= 4 is 23.2 Å². The second-order valence-electron chi connectivity index (χ2n) is 4.69. The maximum atomic E-state index is 12.0. The minimum atomic E-state index is -0.282. The highest BCUT2D eigenvalue weighted by molar-refractivity contribution is 6.32. The van der Waals surface area contributed by atoms with Crippen LogP contribution in [0.3, 0.4) is 0 Å². The number of hydrogen-bond donors (Lipinski definition) is 2. The molecule has 1 saturated heterocycles. The Morgan fingerprint density at radius 2 is 2.50 bits per heavy atom. The van der Waals surface area contributed by atoms with Crippen LogP contribution in [-0.2, 0) is 4.74 Å². The highest BCUT2D eigenvalue weighted by atomic mass is 35.5. The highest BCUT2D eigenvalue weighted by Crippen LogP contribution is 2.24. The molecule has 98 valence electrons. The molecule has 18 heavy (non-hydrogen) atoms. The van der Waals surface area contributed by atoms with Gasteiger partial charge in [0.2, 0.25) is 0 Å². The highest BCUT2D eigenvalue weighted by Gasteiger charge is 2.30. The van der Waals surface area contributed by atoms with E-state index in [0.717, 1.165) is 19.4 Å². The van der Waals surface area contributed by atoms with Crippen molar-refractivity contribution in [1.29, 1.82) is 0 Å². The number of pyridine rings is 1. The van der Waals surface area contributed by atoms with Crippen molar-refractivity contribution in [2.75, 3.05) is 18.9 Å². The lowest BCUT2D eigenvalue weighted by molar-refractivity contribution is 0.0206. The van der Waals surface area contributed by atoms with Gasteiger partial charge in [-0.3, -0.25) is 4.79 Å². The SMILES string of the molecule is CC1(CNC(=O)c2cc(N)cnc2Cl)CCCO1. The lowest BCUT2D eigenvalue weighted by Crippen LogP contribution is -2.40. The first-order chi connectivity index (χ1) is 8.50. The Morgan fingerprint density at radius 3 is 3.17 bits per heavy atom. The van der Waals surface area contributed by atoms with Crippen molar-refractivity contribution in [3.8, 4) is 0 Å². The van der Waals surface area contributed by atoms with Crippen molar-refractivity contribution in [2.45, 2.75) is 25.4 Å². The Balaban J connectivity index is 2.01. The summed E-state index contributed by atoms with van der Waals surface area (Å²) in [6.07, 6.45) is 3.38. The van der Waals surface area contributed by atoms with E-state index >= 15 is 0 Å². The van der Waals surface area contributed by atoms with E-state index in [-0.39, 0.29) is 16.7 Å². The fourth-order valence-electron chi connectivity index (χ4n) is 1.96. The van der Waals surface area contributed by atoms with E-state index < -0.39 is 0 Å². The van der Waals surface area contributed by atoms with Gasteiger partial charge in [0, 0.05) is 13.2 Å². The third kappa shape index (κ3) is 2.91. The number of rotatable bonds is 3. The van der Waals surface area contributed by atoms with Gasteiger partial charge in [0.05, 0.1) is 23.0 Å². The molecule has 1 aliphatic rings. The number of halogens is 1. The van der Waals surface area contributed by atoms with Crippen molar-refractivity contribution in [3.05, 3.63) is 23.0 Å². The molecule has 0 radical (unpaired) electrons. The topological polar surface area (TPSA) is 77.2 Å². The Morgan fingerprint density at radius 1 is 1.72 bits per heavy atom. The molecule has 2 heterocycles. The molecule has 2 rings (SSSR count). The number of nitrogens with zero attached hydrogens (tertiary/aromatic N) is 1. The summed E-state index contributed by atoms with van der Waals surface area (Å²) in [6, 6.07) is 1.52. The van der Waals surface area contributed by atoms with Crippen LogP contribution < -0.4 is 11.1 Å². The monoisotopic (exact) mass is 269 g/mol. The normalized spacial score (nSPS) is 23.0. The summed E-state index contributed by atoms with van der Waals surface area (Å²) >= 11 is 5.86. The smallest absolute Gasteiger partial charge is 0.254 e. The van der Waals surface area contributed by atoms with E-state index in [1.54, 1.807) is 0 Å². The Kier molecular flexibility index (Phi) is 3.73. The van der Waals surface area contributed by atoms with Crippen LogP contribution >= 0.6 is 11.6 Å². The largest absolute Gasteiger partial charge is 0.397 e. The molecule has 0 saturated carbocycles. The van der Waals surface area contributed by atoms with E-state index in [1.165, 1.54) is 12.3 Å². The van der Waals surface area contributed by atoms with E-state index in [4.69, 9.17) is 22.1 Å². The third-order valence-electron chi connectivity index (χ3n) is 3.03. The van der Waals surface area contributed by atoms with E-state index in [1.807, 2.05) is 6.92 Å². The van der Waals surface area contributed by atoms with Gasteiger partial charge in [-0.15, -0.1) is 0 Å². The van der Waals surface area contributed by atoms with Gasteiger partial charge in [-0.2, -0.15) is 0 Å². The molecule has 1 unspecified atom stereocenters. The third-order valence-corrected chi connectivity index (χ3v) is 3.33. The minimum Gasteiger partial charge on any atom is -0.397 e. The average Bonchev–Trinajstić information content (AvgIpc) is 2.77. The maximum absolute atomic E-state index is 12.0. The molecule has 5 nitrogen and oxygen atoms in total. The number of nitrogens with two attached hydrogens (primary N) is 1. The summed E-state index contributed by atoms with van der Waals surface area (Å²) in [5, 5.41) is 2.96. The van der Waals surface area contributed by atoms with E-state index in [0.29, 0.717) is 17.8 Å². The molecule has 1 aromatic rings. The van der Waals surface area contributed by atoms with Crippen LogP contribution in [0, 0.1) is 0 Å². The molecule has 3 N–H and O–H groups in total. The molecule has 0 aliphatic carbocycles. The fourth-order valence-corrected chi connectivity index (χ4v) is 2.15. The number of hydrogen-bond acceptors (Lipinski definition) is 4. The molecule has 1 amide bonds. The quantitative estimate of drug-likeness (QED) is 0.818. The summed E-state index contributed by atoms with van der Waals surface area (Å²) in [6.45, 7) is 3.18. The van der Waals surface area contributed by atoms with Gasteiger partial charge in [-0.25, -0.2) is 4.98 Å². The lowest BCUT2D eigenvalue weighted by Gasteiger charge is -2.23. The molecule has 1 aromatic heterocycles. The predicted molar refractivity (Wildman–Crippen MR) is 69.6 cm³/mol. The number of aromatic nitrogens is 1. The summed E-state index contributed by atoms with van der Waals surface area (Å²) in [4.78, 5) is 15.8. The van der Waals surface area contributed by atoms with Crippen molar-refractivity contribution in [1.82, 2.24) is 10.3 Å². The lowest BCUT2D eigenvalue weighted by atomic mass is 10.0. The fraction of sp³-hybridized carbons (Fsp3) is 0.500. The molecular formula is C12H16ClN3O2. The van der Waals surface area contributed by atoms with Gasteiger partial charge < -0.3 is 15.8 Å². The molecule has 6 heteroatoms. The Hall–Kier alpha value is -1.33. The standard InChI is InChI=1S/C12H16ClN3O2/c1-12(3-2-4-18-12)7-16-11(17)9-5-8(14)6-15-10(9)13/h5-6H,2-4,7,14H2,1H3,(H,16,17). The molecule has 1 fully saturated rings. The van der Waals surface area contributed by atoms with Gasteiger partial charge in [0.25, 0.3) is 5.91 Å². The predicted octanol–water partition coefficient (Wildman–Crippen LogP) is 1.62. The summed E-state index contributed by atoms with van der Waals surface area (Å²) < 4.78 is 5.59. The number of amides is 1. The number of nitrogen functional groups attached to an aromatic ring is 1. The Bertz CT molecular complexity index is 459. The van der Waals surface area contributed by atoms with Crippen LogP contribution in [0.4, 0.5) is 5.69 Å². The first-order valence-corrected chi connectivity index (χ1v) is 6.21. The van der Waals surface area contributed by atoms with Crippen LogP contribution in [0.15, 0.2) is 12.3 Å². The Labute approximate surface area is 111 Å². The molecule has 0 bridgehead atoms. The number of carbonyl (C=O) groups excluding carboxylic acids is 1. The van der Waals surface area contributed by atoms with Gasteiger partial charge in [-0.05, 0) is 25.8 Å². The summed E-state index contributed by atoms with van der Waals surface area (Å²) in [7, 11) is 0. The number of ether oxygens (including phenoxy) is 1. The molecule has 0 aromatic carbocycles. The molecule has 0 spiro atoms. The maximum Gasteiger partial charge on any atom is 0.254 e. The molecular weight excluding hydrogens is 254 g/mol. The molecule has 1 atom stereocenters. The van der Waals surface area contributed by atoms with Crippen LogP contribution in [0.2, 0.25) is 5.15 Å². The van der Waals surface area contributed by atoms with Crippen LogP contribution in [-0.4, -0.2) is 29.6 Å². The van der Waals surface area contributed by atoms with Gasteiger partial charge >= 0.3 is 0 Å². The second-order valence-corrected chi connectivity index (χ2v) is 5.05. The second kappa shape index (κ2) is 5.12. The zero-order chi connectivity index (χ0) is 13.2. The number of carbonyl (C=O) groups is 1. The zero-order valence-electron chi connectivity index (χ0n) is 10.2. The molecule has 1 aliphatic heterocycles. The van der Waals surface area contributed by atoms with Gasteiger partial charge in [0.15, 0.2) is 0 Å². The van der Waals surface area contributed by atoms with Crippen LogP contribution in [0.5, 0.6) is 0 Å². The van der Waals surface area contributed by atoms with Crippen molar-refractivity contribution in [3.63, 3.8) is 0 Å². The van der Waals surface area contributed by atoms with Crippen LogP contribution in [0.25, 0.3) is 0 Å². The van der Waals surface area contributed by atoms with Gasteiger partial charge in [0.1, 0.15) is 5.15 Å². The summed E-state index contributed by atoms with van der Waals surface area (Å²) in [5.41, 5.74) is 6.00. The first kappa shape index (κ1) is 13.1. The van der Waals surface area contributed by atoms with Crippen LogP contribution in [0.1, 0.15) is 30.1 Å². The average molecular weight is 270 g/mol. The van der Waals surface area contributed by atoms with Crippen molar-refractivity contribution < 1.29 is 9.53 Å². The van der Waals surface area contributed by atoms with Crippen molar-refractivity contribution in [2.24, 2.45) is 0 Å². The van der Waals surface area contributed by atoms with Gasteiger partial charge in [-0.1, -0.05) is 11.6 Å². The number of anilines is 1. The minimum absolute atomic E-state index is 0.152.